The topological polar surface area (TPSA) is 39.3 Å². The minimum absolute atomic E-state index is 0.0520. The maximum Gasteiger partial charge on any atom is 0.256 e. The van der Waals surface area contributed by atoms with Crippen LogP contribution in [0.15, 0.2) is 78.9 Å². The zero-order valence-electron chi connectivity index (χ0n) is 17.8. The highest BCUT2D eigenvalue weighted by atomic mass is 32.1. The Kier molecular flexibility index (Phi) is 4.40. The van der Waals surface area contributed by atoms with Gasteiger partial charge in [-0.1, -0.05) is 67.6 Å². The highest BCUT2D eigenvalue weighted by Gasteiger charge is 2.50. The molecule has 0 unspecified atom stereocenters. The molecule has 1 N–H and O–H groups in total. The fourth-order valence-corrected chi connectivity index (χ4v) is 5.60. The van der Waals surface area contributed by atoms with Crippen LogP contribution < -0.4 is 4.90 Å². The number of H-pyrrole nitrogens is 1. The number of aromatic amines is 1. The van der Waals surface area contributed by atoms with Crippen LogP contribution in [0.25, 0.3) is 10.9 Å². The summed E-state index contributed by atoms with van der Waals surface area (Å²) in [4.78, 5) is 21.3. The van der Waals surface area contributed by atoms with Gasteiger partial charge in [0.2, 0.25) is 0 Å². The summed E-state index contributed by atoms with van der Waals surface area (Å²) >= 11 is 5.96. The number of rotatable bonds is 3. The van der Waals surface area contributed by atoms with E-state index in [0.717, 1.165) is 28.9 Å². The van der Waals surface area contributed by atoms with E-state index in [9.17, 15) is 4.79 Å². The second kappa shape index (κ2) is 7.31. The van der Waals surface area contributed by atoms with Crippen LogP contribution in [-0.4, -0.2) is 26.9 Å². The highest BCUT2D eigenvalue weighted by Crippen LogP contribution is 2.44. The van der Waals surface area contributed by atoms with Crippen LogP contribution in [0.5, 0.6) is 0 Å². The molecule has 1 fully saturated rings. The van der Waals surface area contributed by atoms with Crippen LogP contribution in [0.2, 0.25) is 0 Å². The Morgan fingerprint density at radius 2 is 1.69 bits per heavy atom. The molecule has 32 heavy (non-hydrogen) atoms. The van der Waals surface area contributed by atoms with Gasteiger partial charge in [0.15, 0.2) is 5.11 Å². The molecule has 4 aromatic rings. The van der Waals surface area contributed by atoms with Gasteiger partial charge in [0.1, 0.15) is 6.04 Å². The Morgan fingerprint density at radius 1 is 0.969 bits per heavy atom. The lowest BCUT2D eigenvalue weighted by atomic mass is 9.89. The van der Waals surface area contributed by atoms with Crippen molar-refractivity contribution in [1.29, 1.82) is 0 Å². The molecule has 2 aliphatic heterocycles. The van der Waals surface area contributed by atoms with E-state index in [0.29, 0.717) is 11.5 Å². The van der Waals surface area contributed by atoms with Crippen LogP contribution in [-0.2, 0) is 17.6 Å². The summed E-state index contributed by atoms with van der Waals surface area (Å²) in [5.41, 5.74) is 6.66. The largest absolute Gasteiger partial charge is 0.356 e. The smallest absolute Gasteiger partial charge is 0.256 e. The van der Waals surface area contributed by atoms with E-state index in [-0.39, 0.29) is 18.0 Å². The number of aryl methyl sites for hydroxylation is 1. The number of anilines is 1. The number of benzene rings is 3. The number of thiocarbonyl (C=S) groups is 1. The van der Waals surface area contributed by atoms with Gasteiger partial charge in [0.25, 0.3) is 5.91 Å². The predicted molar refractivity (Wildman–Crippen MR) is 132 cm³/mol. The molecule has 2 aliphatic rings. The van der Waals surface area contributed by atoms with Crippen molar-refractivity contribution in [3.05, 3.63) is 101 Å². The number of para-hydroxylation sites is 1. The molecule has 4 nitrogen and oxygen atoms in total. The Morgan fingerprint density at radius 3 is 2.44 bits per heavy atom. The Balaban J connectivity index is 1.51. The van der Waals surface area contributed by atoms with Crippen molar-refractivity contribution < 1.29 is 4.79 Å². The molecule has 1 saturated heterocycles. The summed E-state index contributed by atoms with van der Waals surface area (Å²) in [6.07, 6.45) is 1.61. The molecule has 1 aromatic heterocycles. The number of fused-ring (bicyclic) bond motifs is 4. The highest BCUT2D eigenvalue weighted by molar-refractivity contribution is 7.80. The molecule has 6 rings (SSSR count). The van der Waals surface area contributed by atoms with Crippen molar-refractivity contribution in [2.75, 3.05) is 4.90 Å². The lowest BCUT2D eigenvalue weighted by Crippen LogP contribution is -2.44. The zero-order chi connectivity index (χ0) is 21.8. The number of aromatic nitrogens is 1. The van der Waals surface area contributed by atoms with Crippen molar-refractivity contribution in [3.8, 4) is 0 Å². The van der Waals surface area contributed by atoms with Gasteiger partial charge >= 0.3 is 0 Å². The maximum atomic E-state index is 13.7. The molecule has 0 saturated carbocycles. The van der Waals surface area contributed by atoms with Crippen molar-refractivity contribution in [2.24, 2.45) is 0 Å². The van der Waals surface area contributed by atoms with Crippen LogP contribution >= 0.6 is 12.2 Å². The lowest BCUT2D eigenvalue weighted by Gasteiger charge is -2.37. The molecular weight excluding hydrogens is 414 g/mol. The average Bonchev–Trinajstić information content (AvgIpc) is 3.33. The number of nitrogens with one attached hydrogen (secondary N) is 1. The summed E-state index contributed by atoms with van der Waals surface area (Å²) in [5, 5.41) is 1.76. The number of amides is 1. The maximum absolute atomic E-state index is 13.7. The standard InChI is InChI=1S/C27H23N3OS/c1-2-17-12-14-19(15-13-17)29-26(31)23-16-21-20-10-6-7-11-22(20)28-24(21)25(30(23)27(29)32)18-8-4-3-5-9-18/h3-15,23,25,28H,2,16H2,1H3/t23-,25-/m0/s1. The average molecular weight is 438 g/mol. The normalized spacial score (nSPS) is 20.0. The number of hydrogen-bond acceptors (Lipinski definition) is 2. The number of carbonyl (C=O) groups excluding carboxylic acids is 1. The summed E-state index contributed by atoms with van der Waals surface area (Å²) in [6.45, 7) is 2.13. The van der Waals surface area contributed by atoms with Gasteiger partial charge in [0, 0.05) is 23.0 Å². The van der Waals surface area contributed by atoms with Crippen molar-refractivity contribution in [3.63, 3.8) is 0 Å². The quantitative estimate of drug-likeness (QED) is 0.438. The van der Waals surface area contributed by atoms with Crippen LogP contribution in [0, 0.1) is 0 Å². The van der Waals surface area contributed by atoms with E-state index in [1.54, 1.807) is 4.90 Å². The molecule has 0 aliphatic carbocycles. The SMILES string of the molecule is CCc1ccc(N2C(=O)[C@@H]3Cc4c([nH]c5ccccc45)[C@H](c4ccccc4)N3C2=S)cc1. The van der Waals surface area contributed by atoms with E-state index < -0.39 is 0 Å². The molecule has 3 aromatic carbocycles. The van der Waals surface area contributed by atoms with Gasteiger partial charge in [0.05, 0.1) is 11.7 Å². The summed E-state index contributed by atoms with van der Waals surface area (Å²) in [5.74, 6) is 0.0520. The van der Waals surface area contributed by atoms with Crippen molar-refractivity contribution in [1.82, 2.24) is 9.88 Å². The van der Waals surface area contributed by atoms with Gasteiger partial charge in [-0.05, 0) is 53.5 Å². The van der Waals surface area contributed by atoms with Gasteiger partial charge in [-0.25, -0.2) is 0 Å². The van der Waals surface area contributed by atoms with Gasteiger partial charge in [-0.2, -0.15) is 0 Å². The predicted octanol–water partition coefficient (Wildman–Crippen LogP) is 5.38. The van der Waals surface area contributed by atoms with Crippen LogP contribution in [0.1, 0.15) is 35.3 Å². The summed E-state index contributed by atoms with van der Waals surface area (Å²) in [6, 6.07) is 26.4. The first-order chi connectivity index (χ1) is 15.7. The van der Waals surface area contributed by atoms with Crippen molar-refractivity contribution >= 4 is 39.8 Å². The fraction of sp³-hybridized carbons (Fsp3) is 0.185. The molecule has 2 atom stereocenters. The van der Waals surface area contributed by atoms with E-state index in [4.69, 9.17) is 12.2 Å². The summed E-state index contributed by atoms with van der Waals surface area (Å²) in [7, 11) is 0. The van der Waals surface area contributed by atoms with E-state index >= 15 is 0 Å². The Hall–Kier alpha value is -3.44. The number of hydrogen-bond donors (Lipinski definition) is 1. The lowest BCUT2D eigenvalue weighted by molar-refractivity contribution is -0.120. The van der Waals surface area contributed by atoms with Crippen LogP contribution in [0.4, 0.5) is 5.69 Å². The first kappa shape index (κ1) is 19.3. The van der Waals surface area contributed by atoms with Crippen LogP contribution in [0.3, 0.4) is 0 Å². The third-order valence-corrected chi connectivity index (χ3v) is 7.16. The molecule has 1 amide bonds. The second-order valence-corrected chi connectivity index (χ2v) is 8.84. The Labute approximate surface area is 192 Å². The zero-order valence-corrected chi connectivity index (χ0v) is 18.6. The summed E-state index contributed by atoms with van der Waals surface area (Å²) < 4.78 is 0. The molecule has 0 bridgehead atoms. The fourth-order valence-electron chi connectivity index (χ4n) is 5.17. The first-order valence-electron chi connectivity index (χ1n) is 11.1. The molecule has 158 valence electrons. The molecule has 5 heteroatoms. The molecule has 0 radical (unpaired) electrons. The monoisotopic (exact) mass is 437 g/mol. The van der Waals surface area contributed by atoms with E-state index in [1.165, 1.54) is 16.5 Å². The third kappa shape index (κ3) is 2.74. The van der Waals surface area contributed by atoms with Gasteiger partial charge in [-0.15, -0.1) is 0 Å². The number of carbonyl (C=O) groups is 1. The van der Waals surface area contributed by atoms with Crippen molar-refractivity contribution in [2.45, 2.75) is 31.8 Å². The Bertz CT molecular complexity index is 1340. The first-order valence-corrected chi connectivity index (χ1v) is 11.5. The molecule has 0 spiro atoms. The number of nitrogens with zero attached hydrogens (tertiary/aromatic N) is 2. The van der Waals surface area contributed by atoms with Gasteiger partial charge in [-0.3, -0.25) is 9.69 Å². The second-order valence-electron chi connectivity index (χ2n) is 8.48. The molecule has 3 heterocycles. The minimum Gasteiger partial charge on any atom is -0.356 e. The van der Waals surface area contributed by atoms with E-state index in [2.05, 4.69) is 59.3 Å². The molecular formula is C27H23N3OS. The van der Waals surface area contributed by atoms with E-state index in [1.807, 2.05) is 36.4 Å². The minimum atomic E-state index is -0.315. The van der Waals surface area contributed by atoms with Gasteiger partial charge < -0.3 is 9.88 Å². The third-order valence-electron chi connectivity index (χ3n) is 6.77.